The van der Waals surface area contributed by atoms with Gasteiger partial charge in [-0.25, -0.2) is 0 Å². The zero-order valence-electron chi connectivity index (χ0n) is 8.89. The van der Waals surface area contributed by atoms with Crippen molar-refractivity contribution in [3.63, 3.8) is 0 Å². The Morgan fingerprint density at radius 3 is 2.50 bits per heavy atom. The molecule has 2 atom stereocenters. The van der Waals surface area contributed by atoms with E-state index < -0.39 is 12.2 Å². The van der Waals surface area contributed by atoms with Crippen LogP contribution in [0.15, 0.2) is 0 Å². The fourth-order valence-electron chi connectivity index (χ4n) is 2.44. The number of alkyl halides is 3. The highest BCUT2D eigenvalue weighted by Gasteiger charge is 2.43. The van der Waals surface area contributed by atoms with Crippen LogP contribution in [0, 0.1) is 0 Å². The molecule has 6 heteroatoms. The van der Waals surface area contributed by atoms with Gasteiger partial charge in [0.1, 0.15) is 6.04 Å². The van der Waals surface area contributed by atoms with Crippen molar-refractivity contribution < 1.29 is 18.0 Å². The van der Waals surface area contributed by atoms with E-state index in [0.717, 1.165) is 6.42 Å². The van der Waals surface area contributed by atoms with Crippen LogP contribution in [0.3, 0.4) is 0 Å². The number of amides is 1. The van der Waals surface area contributed by atoms with Gasteiger partial charge in [0, 0.05) is 25.6 Å². The normalized spacial score (nSPS) is 32.2. The van der Waals surface area contributed by atoms with Gasteiger partial charge in [-0.2, -0.15) is 13.2 Å². The molecular formula is C10H15F3N2O. The van der Waals surface area contributed by atoms with Crippen molar-refractivity contribution in [1.82, 2.24) is 10.2 Å². The van der Waals surface area contributed by atoms with Crippen molar-refractivity contribution in [3.8, 4) is 0 Å². The first kappa shape index (κ1) is 11.7. The molecule has 0 aromatic heterocycles. The number of likely N-dealkylation sites (tertiary alicyclic amines) is 1. The van der Waals surface area contributed by atoms with Crippen molar-refractivity contribution in [2.45, 2.75) is 43.9 Å². The number of hydrogen-bond acceptors (Lipinski definition) is 2. The average molecular weight is 236 g/mol. The van der Waals surface area contributed by atoms with Crippen molar-refractivity contribution in [2.75, 3.05) is 13.1 Å². The lowest BCUT2D eigenvalue weighted by Gasteiger charge is -2.36. The molecule has 2 rings (SSSR count). The predicted molar refractivity (Wildman–Crippen MR) is 51.8 cm³/mol. The molecule has 0 bridgehead atoms. The highest BCUT2D eigenvalue weighted by atomic mass is 19.4. The number of nitrogens with one attached hydrogen (secondary N) is 1. The molecule has 2 aliphatic rings. The van der Waals surface area contributed by atoms with Crippen LogP contribution in [0.2, 0.25) is 0 Å². The van der Waals surface area contributed by atoms with Crippen LogP contribution < -0.4 is 5.32 Å². The maximum absolute atomic E-state index is 12.4. The second kappa shape index (κ2) is 4.24. The van der Waals surface area contributed by atoms with Gasteiger partial charge < -0.3 is 10.2 Å². The lowest BCUT2D eigenvalue weighted by atomic mass is 9.99. The molecule has 2 fully saturated rings. The smallest absolute Gasteiger partial charge is 0.338 e. The summed E-state index contributed by atoms with van der Waals surface area (Å²) >= 11 is 0. The summed E-state index contributed by atoms with van der Waals surface area (Å²) < 4.78 is 37.1. The molecule has 2 unspecified atom stereocenters. The summed E-state index contributed by atoms with van der Waals surface area (Å²) in [5.41, 5.74) is 0. The van der Waals surface area contributed by atoms with Gasteiger partial charge in [0.15, 0.2) is 0 Å². The monoisotopic (exact) mass is 236 g/mol. The first-order valence-electron chi connectivity index (χ1n) is 5.58. The van der Waals surface area contributed by atoms with Gasteiger partial charge in [0.2, 0.25) is 5.91 Å². The fraction of sp³-hybridized carbons (Fsp3) is 0.900. The molecular weight excluding hydrogens is 221 g/mol. The topological polar surface area (TPSA) is 32.3 Å². The van der Waals surface area contributed by atoms with E-state index in [9.17, 15) is 18.0 Å². The molecule has 3 nitrogen and oxygen atoms in total. The Labute approximate surface area is 92.0 Å². The summed E-state index contributed by atoms with van der Waals surface area (Å²) in [4.78, 5) is 13.1. The Morgan fingerprint density at radius 1 is 1.31 bits per heavy atom. The SMILES string of the molecule is O=C1CCCN1C1CCC(C(F)(F)F)NC1. The summed E-state index contributed by atoms with van der Waals surface area (Å²) in [6.07, 6.45) is -2.28. The van der Waals surface area contributed by atoms with Gasteiger partial charge in [0.25, 0.3) is 0 Å². The Kier molecular flexibility index (Phi) is 3.10. The summed E-state index contributed by atoms with van der Waals surface area (Å²) in [6, 6.07) is -1.45. The number of nitrogens with zero attached hydrogens (tertiary/aromatic N) is 1. The number of carbonyl (C=O) groups is 1. The molecule has 2 aliphatic heterocycles. The van der Waals surface area contributed by atoms with Gasteiger partial charge in [-0.1, -0.05) is 0 Å². The van der Waals surface area contributed by atoms with Gasteiger partial charge in [0.05, 0.1) is 0 Å². The van der Waals surface area contributed by atoms with Gasteiger partial charge in [-0.05, 0) is 19.3 Å². The van der Waals surface area contributed by atoms with Crippen LogP contribution >= 0.6 is 0 Å². The Bertz CT molecular complexity index is 272. The first-order valence-corrected chi connectivity index (χ1v) is 5.58. The minimum absolute atomic E-state index is 0.0476. The second-order valence-electron chi connectivity index (χ2n) is 4.42. The third-order valence-corrected chi connectivity index (χ3v) is 3.33. The number of piperidine rings is 1. The number of hydrogen-bond donors (Lipinski definition) is 1. The molecule has 0 aliphatic carbocycles. The van der Waals surface area contributed by atoms with Crippen molar-refractivity contribution >= 4 is 5.91 Å². The standard InChI is InChI=1S/C10H15F3N2O/c11-10(12,13)8-4-3-7(6-14-8)15-5-1-2-9(15)16/h7-8,14H,1-6H2. The minimum Gasteiger partial charge on any atom is -0.338 e. The molecule has 0 radical (unpaired) electrons. The molecule has 0 spiro atoms. The summed E-state index contributed by atoms with van der Waals surface area (Å²) in [5, 5.41) is 2.49. The molecule has 1 N–H and O–H groups in total. The zero-order valence-corrected chi connectivity index (χ0v) is 8.89. The lowest BCUT2D eigenvalue weighted by molar-refractivity contribution is -0.163. The van der Waals surface area contributed by atoms with Crippen LogP contribution in [0.4, 0.5) is 13.2 Å². The van der Waals surface area contributed by atoms with Crippen LogP contribution in [-0.2, 0) is 4.79 Å². The van der Waals surface area contributed by atoms with Crippen molar-refractivity contribution in [1.29, 1.82) is 0 Å². The Morgan fingerprint density at radius 2 is 2.06 bits per heavy atom. The fourth-order valence-corrected chi connectivity index (χ4v) is 2.44. The predicted octanol–water partition coefficient (Wildman–Crippen LogP) is 1.29. The molecule has 0 aromatic rings. The van der Waals surface area contributed by atoms with Crippen LogP contribution in [-0.4, -0.2) is 42.2 Å². The van der Waals surface area contributed by atoms with Crippen molar-refractivity contribution in [2.24, 2.45) is 0 Å². The van der Waals surface area contributed by atoms with E-state index in [1.54, 1.807) is 4.90 Å². The third-order valence-electron chi connectivity index (χ3n) is 3.33. The number of carbonyl (C=O) groups excluding carboxylic acids is 1. The van der Waals surface area contributed by atoms with Crippen LogP contribution in [0.5, 0.6) is 0 Å². The summed E-state index contributed by atoms with van der Waals surface area (Å²) in [6.45, 7) is 0.956. The molecule has 1 amide bonds. The zero-order chi connectivity index (χ0) is 11.8. The average Bonchev–Trinajstić information content (AvgIpc) is 2.63. The van der Waals surface area contributed by atoms with E-state index in [2.05, 4.69) is 5.32 Å². The van der Waals surface area contributed by atoms with Gasteiger partial charge in [-0.3, -0.25) is 4.79 Å². The van der Waals surface area contributed by atoms with Gasteiger partial charge in [-0.15, -0.1) is 0 Å². The minimum atomic E-state index is -4.17. The van der Waals surface area contributed by atoms with E-state index >= 15 is 0 Å². The quantitative estimate of drug-likeness (QED) is 0.744. The highest BCUT2D eigenvalue weighted by Crippen LogP contribution is 2.28. The second-order valence-corrected chi connectivity index (χ2v) is 4.42. The molecule has 2 saturated heterocycles. The van der Waals surface area contributed by atoms with E-state index in [1.807, 2.05) is 0 Å². The Hall–Kier alpha value is -0.780. The van der Waals surface area contributed by atoms with E-state index in [0.29, 0.717) is 19.4 Å². The van der Waals surface area contributed by atoms with E-state index in [-0.39, 0.29) is 24.9 Å². The lowest BCUT2D eigenvalue weighted by Crippen LogP contribution is -2.54. The van der Waals surface area contributed by atoms with Gasteiger partial charge >= 0.3 is 6.18 Å². The molecule has 2 heterocycles. The maximum atomic E-state index is 12.4. The summed E-state index contributed by atoms with van der Waals surface area (Å²) in [7, 11) is 0. The Balaban J connectivity index is 1.88. The summed E-state index contributed by atoms with van der Waals surface area (Å²) in [5.74, 6) is 0.0808. The molecule has 16 heavy (non-hydrogen) atoms. The number of halogens is 3. The van der Waals surface area contributed by atoms with Crippen LogP contribution in [0.25, 0.3) is 0 Å². The van der Waals surface area contributed by atoms with Crippen molar-refractivity contribution in [3.05, 3.63) is 0 Å². The third kappa shape index (κ3) is 2.31. The maximum Gasteiger partial charge on any atom is 0.403 e. The van der Waals surface area contributed by atoms with E-state index in [4.69, 9.17) is 0 Å². The van der Waals surface area contributed by atoms with E-state index in [1.165, 1.54) is 0 Å². The van der Waals surface area contributed by atoms with Crippen LogP contribution in [0.1, 0.15) is 25.7 Å². The number of rotatable bonds is 1. The molecule has 92 valence electrons. The molecule has 0 saturated carbocycles. The highest BCUT2D eigenvalue weighted by molar-refractivity contribution is 5.78. The first-order chi connectivity index (χ1) is 7.48. The molecule has 0 aromatic carbocycles. The largest absolute Gasteiger partial charge is 0.403 e.